The fourth-order valence-corrected chi connectivity index (χ4v) is 1.25. The Morgan fingerprint density at radius 3 is 2.45 bits per heavy atom. The van der Waals surface area contributed by atoms with E-state index in [-0.39, 0.29) is 0 Å². The maximum absolute atomic E-state index is 10.7. The summed E-state index contributed by atoms with van der Waals surface area (Å²) >= 11 is 10.9. The number of rotatable bonds is 1. The van der Waals surface area contributed by atoms with Crippen molar-refractivity contribution in [2.24, 2.45) is 0 Å². The molecule has 0 bridgehead atoms. The molecule has 0 aliphatic heterocycles. The van der Waals surface area contributed by atoms with Gasteiger partial charge in [0.05, 0.1) is 0 Å². The highest BCUT2D eigenvalue weighted by molar-refractivity contribution is 6.67. The van der Waals surface area contributed by atoms with Crippen molar-refractivity contribution in [3.63, 3.8) is 0 Å². The molecule has 1 aromatic rings. The average molecular weight is 189 g/mol. The minimum atomic E-state index is -0.476. The van der Waals surface area contributed by atoms with Crippen LogP contribution in [-0.4, -0.2) is 5.24 Å². The van der Waals surface area contributed by atoms with E-state index in [4.69, 9.17) is 23.2 Å². The van der Waals surface area contributed by atoms with Crippen LogP contribution in [-0.2, 0) is 0 Å². The summed E-state index contributed by atoms with van der Waals surface area (Å²) in [6, 6.07) is 5.01. The first-order chi connectivity index (χ1) is 5.09. The minimum absolute atomic E-state index is 0.441. The SMILES string of the molecule is Cc1cc(Cl)cc(C(=O)Cl)c1. The van der Waals surface area contributed by atoms with E-state index in [2.05, 4.69) is 0 Å². The van der Waals surface area contributed by atoms with E-state index in [0.29, 0.717) is 10.6 Å². The molecule has 0 aliphatic rings. The van der Waals surface area contributed by atoms with Gasteiger partial charge in [-0.1, -0.05) is 11.6 Å². The molecule has 0 saturated carbocycles. The molecule has 1 nitrogen and oxygen atoms in total. The summed E-state index contributed by atoms with van der Waals surface area (Å²) in [5.74, 6) is 0. The molecule has 0 amide bonds. The molecular weight excluding hydrogens is 183 g/mol. The van der Waals surface area contributed by atoms with Crippen molar-refractivity contribution in [3.05, 3.63) is 34.3 Å². The van der Waals surface area contributed by atoms with E-state index in [1.54, 1.807) is 18.2 Å². The van der Waals surface area contributed by atoms with Gasteiger partial charge in [0.15, 0.2) is 0 Å². The number of carbonyl (C=O) groups is 1. The molecule has 1 rings (SSSR count). The predicted molar refractivity (Wildman–Crippen MR) is 46.4 cm³/mol. The molecule has 0 saturated heterocycles. The van der Waals surface area contributed by atoms with Gasteiger partial charge in [-0.2, -0.15) is 0 Å². The summed E-state index contributed by atoms with van der Waals surface area (Å²) in [5, 5.41) is 0.0598. The fraction of sp³-hybridized carbons (Fsp3) is 0.125. The third-order valence-electron chi connectivity index (χ3n) is 1.27. The first-order valence-electron chi connectivity index (χ1n) is 3.06. The monoisotopic (exact) mass is 188 g/mol. The van der Waals surface area contributed by atoms with Crippen molar-refractivity contribution in [2.45, 2.75) is 6.92 Å². The lowest BCUT2D eigenvalue weighted by Gasteiger charge is -1.97. The topological polar surface area (TPSA) is 17.1 Å². The molecule has 0 unspecified atom stereocenters. The van der Waals surface area contributed by atoms with Crippen LogP contribution in [0.2, 0.25) is 5.02 Å². The van der Waals surface area contributed by atoms with E-state index >= 15 is 0 Å². The zero-order valence-electron chi connectivity index (χ0n) is 5.90. The van der Waals surface area contributed by atoms with Crippen LogP contribution in [0.15, 0.2) is 18.2 Å². The van der Waals surface area contributed by atoms with Gasteiger partial charge in [0.25, 0.3) is 5.24 Å². The molecule has 0 radical (unpaired) electrons. The summed E-state index contributed by atoms with van der Waals surface area (Å²) in [5.41, 5.74) is 1.37. The molecule has 1 aromatic carbocycles. The van der Waals surface area contributed by atoms with Crippen LogP contribution in [0.1, 0.15) is 15.9 Å². The third-order valence-corrected chi connectivity index (χ3v) is 1.71. The molecule has 0 aliphatic carbocycles. The summed E-state index contributed by atoms with van der Waals surface area (Å²) in [4.78, 5) is 10.7. The number of aryl methyl sites for hydroxylation is 1. The van der Waals surface area contributed by atoms with Crippen molar-refractivity contribution in [1.29, 1.82) is 0 Å². The first kappa shape index (κ1) is 8.57. The molecule has 11 heavy (non-hydrogen) atoms. The number of carbonyl (C=O) groups excluding carboxylic acids is 1. The smallest absolute Gasteiger partial charge is 0.252 e. The zero-order chi connectivity index (χ0) is 8.43. The van der Waals surface area contributed by atoms with Crippen LogP contribution in [0, 0.1) is 6.92 Å². The Balaban J connectivity index is 3.19. The molecule has 0 aromatic heterocycles. The van der Waals surface area contributed by atoms with Gasteiger partial charge >= 0.3 is 0 Å². The van der Waals surface area contributed by atoms with Crippen LogP contribution in [0.25, 0.3) is 0 Å². The van der Waals surface area contributed by atoms with Crippen molar-refractivity contribution in [3.8, 4) is 0 Å². The maximum atomic E-state index is 10.7. The summed E-state index contributed by atoms with van der Waals surface area (Å²) < 4.78 is 0. The fourth-order valence-electron chi connectivity index (χ4n) is 0.850. The van der Waals surface area contributed by atoms with Gasteiger partial charge in [-0.15, -0.1) is 0 Å². The highest BCUT2D eigenvalue weighted by atomic mass is 35.5. The van der Waals surface area contributed by atoms with Crippen molar-refractivity contribution < 1.29 is 4.79 Å². The highest BCUT2D eigenvalue weighted by Crippen LogP contribution is 2.15. The van der Waals surface area contributed by atoms with Gasteiger partial charge in [0.1, 0.15) is 0 Å². The van der Waals surface area contributed by atoms with Crippen LogP contribution in [0.4, 0.5) is 0 Å². The molecule has 58 valence electrons. The number of halogens is 2. The zero-order valence-corrected chi connectivity index (χ0v) is 7.41. The average Bonchev–Trinajstić information content (AvgIpc) is 1.85. The molecule has 0 atom stereocenters. The van der Waals surface area contributed by atoms with E-state index in [1.165, 1.54) is 0 Å². The Kier molecular flexibility index (Phi) is 2.53. The van der Waals surface area contributed by atoms with Crippen LogP contribution in [0.3, 0.4) is 0 Å². The van der Waals surface area contributed by atoms with E-state index in [0.717, 1.165) is 5.56 Å². The van der Waals surface area contributed by atoms with E-state index < -0.39 is 5.24 Å². The lowest BCUT2D eigenvalue weighted by Crippen LogP contribution is -1.88. The predicted octanol–water partition coefficient (Wildman–Crippen LogP) is 3.03. The third kappa shape index (κ3) is 2.21. The Bertz CT molecular complexity index is 274. The standard InChI is InChI=1S/C8H6Cl2O/c1-5-2-6(8(10)11)4-7(9)3-5/h2-4H,1H3. The largest absolute Gasteiger partial charge is 0.276 e. The molecule has 0 spiro atoms. The second-order valence-electron chi connectivity index (χ2n) is 2.29. The Morgan fingerprint density at radius 1 is 1.36 bits per heavy atom. The van der Waals surface area contributed by atoms with Gasteiger partial charge in [0.2, 0.25) is 0 Å². The molecule has 0 fully saturated rings. The molecule has 0 heterocycles. The molecule has 0 N–H and O–H groups in total. The Morgan fingerprint density at radius 2 is 2.00 bits per heavy atom. The van der Waals surface area contributed by atoms with Crippen LogP contribution < -0.4 is 0 Å². The van der Waals surface area contributed by atoms with Crippen molar-refractivity contribution in [2.75, 3.05) is 0 Å². The van der Waals surface area contributed by atoms with Crippen molar-refractivity contribution in [1.82, 2.24) is 0 Å². The quantitative estimate of drug-likeness (QED) is 0.620. The second-order valence-corrected chi connectivity index (χ2v) is 3.07. The Labute approximate surface area is 74.9 Å². The van der Waals surface area contributed by atoms with Gasteiger partial charge < -0.3 is 0 Å². The number of hydrogen-bond donors (Lipinski definition) is 0. The molecular formula is C8H6Cl2O. The minimum Gasteiger partial charge on any atom is -0.276 e. The van der Waals surface area contributed by atoms with E-state index in [1.807, 2.05) is 6.92 Å². The van der Waals surface area contributed by atoms with Gasteiger partial charge in [-0.25, -0.2) is 0 Å². The van der Waals surface area contributed by atoms with Gasteiger partial charge in [0, 0.05) is 10.6 Å². The summed E-state index contributed by atoms with van der Waals surface area (Å²) in [6.07, 6.45) is 0. The van der Waals surface area contributed by atoms with Crippen LogP contribution >= 0.6 is 23.2 Å². The normalized spacial score (nSPS) is 9.73. The number of hydrogen-bond acceptors (Lipinski definition) is 1. The van der Waals surface area contributed by atoms with Crippen molar-refractivity contribution >= 4 is 28.4 Å². The lowest BCUT2D eigenvalue weighted by molar-refractivity contribution is 0.108. The highest BCUT2D eigenvalue weighted by Gasteiger charge is 2.02. The maximum Gasteiger partial charge on any atom is 0.252 e. The number of benzene rings is 1. The van der Waals surface area contributed by atoms with Gasteiger partial charge in [-0.3, -0.25) is 4.79 Å². The summed E-state index contributed by atoms with van der Waals surface area (Å²) in [6.45, 7) is 1.86. The summed E-state index contributed by atoms with van der Waals surface area (Å²) in [7, 11) is 0. The van der Waals surface area contributed by atoms with E-state index in [9.17, 15) is 4.79 Å². The first-order valence-corrected chi connectivity index (χ1v) is 3.82. The van der Waals surface area contributed by atoms with Gasteiger partial charge in [-0.05, 0) is 42.3 Å². The Hall–Kier alpha value is -0.530. The lowest BCUT2D eigenvalue weighted by atomic mass is 10.2. The van der Waals surface area contributed by atoms with Crippen LogP contribution in [0.5, 0.6) is 0 Å². The second kappa shape index (κ2) is 3.24. The molecule has 3 heteroatoms.